The summed E-state index contributed by atoms with van der Waals surface area (Å²) in [6.45, 7) is 3.51. The zero-order chi connectivity index (χ0) is 13.8. The Hall–Kier alpha value is -1.68. The first-order valence-corrected chi connectivity index (χ1v) is 7.48. The van der Waals surface area contributed by atoms with Gasteiger partial charge in [-0.3, -0.25) is 4.90 Å². The maximum absolute atomic E-state index is 4.33. The summed E-state index contributed by atoms with van der Waals surface area (Å²) in [4.78, 5) is 6.90. The van der Waals surface area contributed by atoms with Crippen LogP contribution in [0.1, 0.15) is 31.2 Å². The maximum Gasteiger partial charge on any atom is 0.157 e. The quantitative estimate of drug-likeness (QED) is 0.860. The van der Waals surface area contributed by atoms with Crippen LogP contribution < -0.4 is 0 Å². The molecule has 0 bridgehead atoms. The molecule has 0 aliphatic carbocycles. The van der Waals surface area contributed by atoms with Crippen LogP contribution in [0, 0.1) is 0 Å². The average Bonchev–Trinajstić information content (AvgIpc) is 2.72. The summed E-state index contributed by atoms with van der Waals surface area (Å²) in [5.41, 5.74) is 2.52. The molecule has 4 nitrogen and oxygen atoms in total. The van der Waals surface area contributed by atoms with Crippen molar-refractivity contribution in [2.24, 2.45) is 7.05 Å². The fourth-order valence-corrected chi connectivity index (χ4v) is 2.92. The maximum atomic E-state index is 4.33. The van der Waals surface area contributed by atoms with E-state index in [4.69, 9.17) is 0 Å². The lowest BCUT2D eigenvalue weighted by Crippen LogP contribution is -2.23. The lowest BCUT2D eigenvalue weighted by Gasteiger charge is -2.20. The molecule has 1 aliphatic heterocycles. The molecular formula is C16H22N4. The van der Waals surface area contributed by atoms with E-state index in [1.807, 2.05) is 11.7 Å². The van der Waals surface area contributed by atoms with Gasteiger partial charge in [0.1, 0.15) is 6.33 Å². The molecule has 0 saturated carbocycles. The third-order valence-electron chi connectivity index (χ3n) is 4.00. The number of nitrogens with zero attached hydrogens (tertiary/aromatic N) is 4. The van der Waals surface area contributed by atoms with E-state index in [0.29, 0.717) is 0 Å². The van der Waals surface area contributed by atoms with Gasteiger partial charge in [-0.1, -0.05) is 31.0 Å². The molecule has 0 spiro atoms. The molecule has 0 radical (unpaired) electrons. The summed E-state index contributed by atoms with van der Waals surface area (Å²) in [5, 5.41) is 4.15. The highest BCUT2D eigenvalue weighted by Crippen LogP contribution is 2.19. The van der Waals surface area contributed by atoms with Gasteiger partial charge in [0.25, 0.3) is 0 Å². The van der Waals surface area contributed by atoms with E-state index in [0.717, 1.165) is 17.9 Å². The van der Waals surface area contributed by atoms with Crippen LogP contribution in [0.4, 0.5) is 0 Å². The first kappa shape index (κ1) is 13.3. The summed E-state index contributed by atoms with van der Waals surface area (Å²) in [5.74, 6) is 0.933. The zero-order valence-electron chi connectivity index (χ0n) is 12.1. The van der Waals surface area contributed by atoms with Crippen molar-refractivity contribution in [1.29, 1.82) is 0 Å². The van der Waals surface area contributed by atoms with Gasteiger partial charge >= 0.3 is 0 Å². The van der Waals surface area contributed by atoms with Crippen LogP contribution in [0.15, 0.2) is 30.6 Å². The van der Waals surface area contributed by atoms with E-state index in [1.54, 1.807) is 6.33 Å². The smallest absolute Gasteiger partial charge is 0.157 e. The van der Waals surface area contributed by atoms with Gasteiger partial charge in [-0.15, -0.1) is 0 Å². The van der Waals surface area contributed by atoms with Gasteiger partial charge in [0.15, 0.2) is 5.82 Å². The van der Waals surface area contributed by atoms with Crippen molar-refractivity contribution in [1.82, 2.24) is 19.7 Å². The Labute approximate surface area is 120 Å². The van der Waals surface area contributed by atoms with Crippen molar-refractivity contribution in [3.8, 4) is 11.4 Å². The van der Waals surface area contributed by atoms with Gasteiger partial charge in [0.2, 0.25) is 0 Å². The summed E-state index contributed by atoms with van der Waals surface area (Å²) < 4.78 is 1.82. The van der Waals surface area contributed by atoms with Crippen LogP contribution in [0.5, 0.6) is 0 Å². The van der Waals surface area contributed by atoms with Crippen molar-refractivity contribution < 1.29 is 0 Å². The minimum absolute atomic E-state index is 0.933. The highest BCUT2D eigenvalue weighted by Gasteiger charge is 2.10. The van der Waals surface area contributed by atoms with E-state index in [9.17, 15) is 0 Å². The van der Waals surface area contributed by atoms with E-state index in [2.05, 4.69) is 39.2 Å². The van der Waals surface area contributed by atoms with Gasteiger partial charge < -0.3 is 0 Å². The number of hydrogen-bond donors (Lipinski definition) is 0. The normalized spacial score (nSPS) is 17.1. The van der Waals surface area contributed by atoms with E-state index >= 15 is 0 Å². The molecule has 0 unspecified atom stereocenters. The summed E-state index contributed by atoms with van der Waals surface area (Å²) in [7, 11) is 1.93. The third kappa shape index (κ3) is 3.07. The van der Waals surface area contributed by atoms with Crippen molar-refractivity contribution in [3.05, 3.63) is 36.2 Å². The molecule has 1 fully saturated rings. The lowest BCUT2D eigenvalue weighted by molar-refractivity contribution is 0.277. The van der Waals surface area contributed by atoms with Crippen LogP contribution in [-0.4, -0.2) is 32.8 Å². The standard InChI is InChI=1S/C16H22N4/c1-19-16(17-13-18-19)15-8-6-7-14(11-15)12-20-9-4-2-3-5-10-20/h6-8,11,13H,2-5,9-10,12H2,1H3. The van der Waals surface area contributed by atoms with E-state index in [-0.39, 0.29) is 0 Å². The molecule has 1 saturated heterocycles. The highest BCUT2D eigenvalue weighted by atomic mass is 15.3. The molecule has 2 aromatic rings. The van der Waals surface area contributed by atoms with Crippen molar-refractivity contribution >= 4 is 0 Å². The molecule has 0 N–H and O–H groups in total. The predicted octanol–water partition coefficient (Wildman–Crippen LogP) is 2.86. The second kappa shape index (κ2) is 6.18. The molecule has 0 atom stereocenters. The van der Waals surface area contributed by atoms with Gasteiger partial charge in [0, 0.05) is 19.2 Å². The summed E-state index contributed by atoms with van der Waals surface area (Å²) in [6.07, 6.45) is 7.05. The summed E-state index contributed by atoms with van der Waals surface area (Å²) in [6, 6.07) is 8.69. The minimum atomic E-state index is 0.933. The van der Waals surface area contributed by atoms with Crippen molar-refractivity contribution in [2.75, 3.05) is 13.1 Å². The Kier molecular flexibility index (Phi) is 4.11. The van der Waals surface area contributed by atoms with Gasteiger partial charge in [-0.05, 0) is 37.6 Å². The molecule has 20 heavy (non-hydrogen) atoms. The SMILES string of the molecule is Cn1ncnc1-c1cccc(CN2CCCCCC2)c1. The molecule has 1 aromatic heterocycles. The molecule has 1 aromatic carbocycles. The largest absolute Gasteiger partial charge is 0.299 e. The number of benzene rings is 1. The van der Waals surface area contributed by atoms with Crippen LogP contribution in [-0.2, 0) is 13.6 Å². The Bertz CT molecular complexity index is 553. The van der Waals surface area contributed by atoms with Crippen LogP contribution in [0.25, 0.3) is 11.4 Å². The van der Waals surface area contributed by atoms with Crippen molar-refractivity contribution in [3.63, 3.8) is 0 Å². The van der Waals surface area contributed by atoms with Gasteiger partial charge in [-0.25, -0.2) is 9.67 Å². The Balaban J connectivity index is 1.76. The fraction of sp³-hybridized carbons (Fsp3) is 0.500. The Morgan fingerprint density at radius 2 is 1.90 bits per heavy atom. The van der Waals surface area contributed by atoms with E-state index in [1.165, 1.54) is 44.3 Å². The molecular weight excluding hydrogens is 248 g/mol. The highest BCUT2D eigenvalue weighted by molar-refractivity contribution is 5.55. The Morgan fingerprint density at radius 3 is 2.60 bits per heavy atom. The minimum Gasteiger partial charge on any atom is -0.299 e. The third-order valence-corrected chi connectivity index (χ3v) is 4.00. The average molecular weight is 270 g/mol. The molecule has 1 aliphatic rings. The van der Waals surface area contributed by atoms with Crippen molar-refractivity contribution in [2.45, 2.75) is 32.2 Å². The molecule has 4 heteroatoms. The predicted molar refractivity (Wildman–Crippen MR) is 80.2 cm³/mol. The number of hydrogen-bond acceptors (Lipinski definition) is 3. The monoisotopic (exact) mass is 270 g/mol. The number of aromatic nitrogens is 3. The number of likely N-dealkylation sites (tertiary alicyclic amines) is 1. The molecule has 106 valence electrons. The number of aryl methyl sites for hydroxylation is 1. The first-order chi connectivity index (χ1) is 9.83. The fourth-order valence-electron chi connectivity index (χ4n) is 2.92. The Morgan fingerprint density at radius 1 is 1.10 bits per heavy atom. The second-order valence-corrected chi connectivity index (χ2v) is 5.60. The second-order valence-electron chi connectivity index (χ2n) is 5.60. The van der Waals surface area contributed by atoms with Gasteiger partial charge in [0.05, 0.1) is 0 Å². The van der Waals surface area contributed by atoms with Gasteiger partial charge in [-0.2, -0.15) is 5.10 Å². The van der Waals surface area contributed by atoms with Crippen LogP contribution in [0.2, 0.25) is 0 Å². The number of rotatable bonds is 3. The summed E-state index contributed by atoms with van der Waals surface area (Å²) >= 11 is 0. The molecule has 0 amide bonds. The topological polar surface area (TPSA) is 34.0 Å². The molecule has 2 heterocycles. The van der Waals surface area contributed by atoms with E-state index < -0.39 is 0 Å². The first-order valence-electron chi connectivity index (χ1n) is 7.48. The lowest BCUT2D eigenvalue weighted by atomic mass is 10.1. The zero-order valence-corrected chi connectivity index (χ0v) is 12.1. The van der Waals surface area contributed by atoms with Crippen LogP contribution >= 0.6 is 0 Å². The molecule has 3 rings (SSSR count). The van der Waals surface area contributed by atoms with Crippen LogP contribution in [0.3, 0.4) is 0 Å².